The molecule has 3 atom stereocenters. The van der Waals surface area contributed by atoms with E-state index in [9.17, 15) is 0 Å². The molecule has 3 rings (SSSR count). The molecule has 2 aliphatic rings. The average molecular weight is 305 g/mol. The highest BCUT2D eigenvalue weighted by Crippen LogP contribution is 2.43. The van der Waals surface area contributed by atoms with Crippen molar-refractivity contribution in [2.24, 2.45) is 5.92 Å². The highest BCUT2D eigenvalue weighted by molar-refractivity contribution is 7.99. The third-order valence-corrected chi connectivity index (χ3v) is 6.18. The average Bonchev–Trinajstić information content (AvgIpc) is 3.33. The Balaban J connectivity index is 1.78. The first-order chi connectivity index (χ1) is 10.1. The number of nitrogens with one attached hydrogen (secondary N) is 1. The molecule has 1 aliphatic heterocycles. The van der Waals surface area contributed by atoms with Gasteiger partial charge in [-0.15, -0.1) is 0 Å². The minimum Gasteiger partial charge on any atom is -0.308 e. The van der Waals surface area contributed by atoms with E-state index < -0.39 is 0 Å². The number of piperazine rings is 1. The quantitative estimate of drug-likeness (QED) is 0.895. The van der Waals surface area contributed by atoms with Crippen molar-refractivity contribution in [3.63, 3.8) is 0 Å². The van der Waals surface area contributed by atoms with Gasteiger partial charge in [-0.3, -0.25) is 4.90 Å². The van der Waals surface area contributed by atoms with E-state index in [1.54, 1.807) is 0 Å². The number of thioether (sulfide) groups is 1. The standard InChI is InChI=1S/C18H28N2S/c1-14(21-3)12-20-13-18(2,16-9-10-16)19-11-17(20)15-7-5-4-6-8-15/h4-8,14,16-17,19H,9-13H2,1-3H3. The Morgan fingerprint density at radius 3 is 2.67 bits per heavy atom. The normalized spacial score (nSPS) is 32.0. The van der Waals surface area contributed by atoms with E-state index in [0.717, 1.165) is 12.5 Å². The molecule has 1 saturated carbocycles. The molecular weight excluding hydrogens is 276 g/mol. The summed E-state index contributed by atoms with van der Waals surface area (Å²) in [5.41, 5.74) is 1.78. The van der Waals surface area contributed by atoms with Crippen LogP contribution >= 0.6 is 11.8 Å². The molecule has 1 aromatic rings. The minimum absolute atomic E-state index is 0.323. The van der Waals surface area contributed by atoms with E-state index in [1.807, 2.05) is 11.8 Å². The zero-order chi connectivity index (χ0) is 14.9. The molecule has 3 unspecified atom stereocenters. The molecule has 1 heterocycles. The van der Waals surface area contributed by atoms with Crippen molar-refractivity contribution >= 4 is 11.8 Å². The van der Waals surface area contributed by atoms with Gasteiger partial charge >= 0.3 is 0 Å². The molecule has 0 aromatic heterocycles. The van der Waals surface area contributed by atoms with Crippen LogP contribution in [0, 0.1) is 5.92 Å². The van der Waals surface area contributed by atoms with Gasteiger partial charge in [0.2, 0.25) is 0 Å². The van der Waals surface area contributed by atoms with E-state index in [4.69, 9.17) is 0 Å². The van der Waals surface area contributed by atoms with Gasteiger partial charge in [-0.25, -0.2) is 0 Å². The summed E-state index contributed by atoms with van der Waals surface area (Å²) in [7, 11) is 0. The maximum absolute atomic E-state index is 3.88. The van der Waals surface area contributed by atoms with Gasteiger partial charge in [0.25, 0.3) is 0 Å². The highest BCUT2D eigenvalue weighted by atomic mass is 32.2. The zero-order valence-corrected chi connectivity index (χ0v) is 14.3. The molecule has 1 N–H and O–H groups in total. The number of benzene rings is 1. The van der Waals surface area contributed by atoms with Crippen LogP contribution in [0.15, 0.2) is 30.3 Å². The molecule has 1 aromatic carbocycles. The van der Waals surface area contributed by atoms with Crippen molar-refractivity contribution in [3.05, 3.63) is 35.9 Å². The Labute approximate surface area is 133 Å². The molecule has 21 heavy (non-hydrogen) atoms. The summed E-state index contributed by atoms with van der Waals surface area (Å²) < 4.78 is 0. The molecule has 0 bridgehead atoms. The second-order valence-electron chi connectivity index (χ2n) is 6.97. The van der Waals surface area contributed by atoms with Crippen LogP contribution in [0.1, 0.15) is 38.3 Å². The fourth-order valence-electron chi connectivity index (χ4n) is 3.64. The first-order valence-corrected chi connectivity index (χ1v) is 9.48. The molecule has 3 heteroatoms. The first-order valence-electron chi connectivity index (χ1n) is 8.19. The van der Waals surface area contributed by atoms with Crippen LogP contribution in [-0.2, 0) is 0 Å². The van der Waals surface area contributed by atoms with Gasteiger partial charge in [-0.1, -0.05) is 37.3 Å². The molecule has 2 fully saturated rings. The maximum Gasteiger partial charge on any atom is 0.0474 e. The van der Waals surface area contributed by atoms with E-state index >= 15 is 0 Å². The van der Waals surface area contributed by atoms with Crippen LogP contribution in [0.4, 0.5) is 0 Å². The molecule has 0 spiro atoms. The van der Waals surface area contributed by atoms with Gasteiger partial charge in [0, 0.05) is 36.5 Å². The summed E-state index contributed by atoms with van der Waals surface area (Å²) in [4.78, 5) is 2.73. The first kappa shape index (κ1) is 15.4. The van der Waals surface area contributed by atoms with Crippen LogP contribution in [0.25, 0.3) is 0 Å². The number of hydrogen-bond acceptors (Lipinski definition) is 3. The Morgan fingerprint density at radius 1 is 1.33 bits per heavy atom. The Hall–Kier alpha value is -0.510. The number of nitrogens with zero attached hydrogens (tertiary/aromatic N) is 1. The topological polar surface area (TPSA) is 15.3 Å². The molecule has 116 valence electrons. The summed E-state index contributed by atoms with van der Waals surface area (Å²) in [6.07, 6.45) is 5.04. The lowest BCUT2D eigenvalue weighted by molar-refractivity contribution is 0.0760. The highest BCUT2D eigenvalue weighted by Gasteiger charge is 2.46. The van der Waals surface area contributed by atoms with Crippen LogP contribution in [0.2, 0.25) is 0 Å². The van der Waals surface area contributed by atoms with Crippen molar-refractivity contribution in [2.45, 2.75) is 43.5 Å². The van der Waals surface area contributed by atoms with E-state index in [-0.39, 0.29) is 0 Å². The van der Waals surface area contributed by atoms with Gasteiger partial charge in [0.15, 0.2) is 0 Å². The van der Waals surface area contributed by atoms with E-state index in [1.165, 1.54) is 31.5 Å². The lowest BCUT2D eigenvalue weighted by atomic mass is 9.89. The predicted molar refractivity (Wildman–Crippen MR) is 92.9 cm³/mol. The van der Waals surface area contributed by atoms with Gasteiger partial charge in [0.1, 0.15) is 0 Å². The largest absolute Gasteiger partial charge is 0.308 e. The third-order valence-electron chi connectivity index (χ3n) is 5.23. The Bertz CT molecular complexity index is 460. The second-order valence-corrected chi connectivity index (χ2v) is 8.25. The number of hydrogen-bond donors (Lipinski definition) is 1. The molecule has 1 saturated heterocycles. The maximum atomic E-state index is 3.88. The molecular formula is C18H28N2S. The van der Waals surface area contributed by atoms with E-state index in [2.05, 4.69) is 60.7 Å². The van der Waals surface area contributed by atoms with Gasteiger partial charge in [0.05, 0.1) is 0 Å². The smallest absolute Gasteiger partial charge is 0.0474 e. The lowest BCUT2D eigenvalue weighted by Gasteiger charge is -2.47. The predicted octanol–water partition coefficient (Wildman–Crippen LogP) is 3.55. The van der Waals surface area contributed by atoms with Crippen LogP contribution in [0.3, 0.4) is 0 Å². The molecule has 0 radical (unpaired) electrons. The second kappa shape index (κ2) is 6.31. The fourth-order valence-corrected chi connectivity index (χ4v) is 3.98. The van der Waals surface area contributed by atoms with Crippen molar-refractivity contribution in [1.82, 2.24) is 10.2 Å². The van der Waals surface area contributed by atoms with Crippen molar-refractivity contribution in [1.29, 1.82) is 0 Å². The summed E-state index contributed by atoms with van der Waals surface area (Å²) >= 11 is 1.98. The van der Waals surface area contributed by atoms with Gasteiger partial charge in [-0.2, -0.15) is 11.8 Å². The van der Waals surface area contributed by atoms with Crippen LogP contribution in [0.5, 0.6) is 0 Å². The lowest BCUT2D eigenvalue weighted by Crippen LogP contribution is -2.61. The van der Waals surface area contributed by atoms with Crippen LogP contribution in [-0.4, -0.2) is 41.6 Å². The molecule has 2 nitrogen and oxygen atoms in total. The summed E-state index contributed by atoms with van der Waals surface area (Å²) in [6, 6.07) is 11.5. The van der Waals surface area contributed by atoms with Crippen molar-refractivity contribution in [3.8, 4) is 0 Å². The Morgan fingerprint density at radius 2 is 2.05 bits per heavy atom. The van der Waals surface area contributed by atoms with Gasteiger partial charge < -0.3 is 5.32 Å². The SMILES string of the molecule is CSC(C)CN1CC(C)(C2CC2)NCC1c1ccccc1. The molecule has 1 aliphatic carbocycles. The number of rotatable bonds is 5. The minimum atomic E-state index is 0.323. The monoisotopic (exact) mass is 304 g/mol. The van der Waals surface area contributed by atoms with Crippen LogP contribution < -0.4 is 5.32 Å². The summed E-state index contributed by atoms with van der Waals surface area (Å²) in [5, 5.41) is 4.57. The van der Waals surface area contributed by atoms with Crippen molar-refractivity contribution < 1.29 is 0 Å². The Kier molecular flexibility index (Phi) is 4.63. The van der Waals surface area contributed by atoms with E-state index in [0.29, 0.717) is 16.8 Å². The summed E-state index contributed by atoms with van der Waals surface area (Å²) in [5.74, 6) is 0.890. The van der Waals surface area contributed by atoms with Gasteiger partial charge in [-0.05, 0) is 37.5 Å². The van der Waals surface area contributed by atoms with Crippen molar-refractivity contribution in [2.75, 3.05) is 25.9 Å². The fraction of sp³-hybridized carbons (Fsp3) is 0.667. The third kappa shape index (κ3) is 3.46. The zero-order valence-electron chi connectivity index (χ0n) is 13.5. The molecule has 0 amide bonds. The summed E-state index contributed by atoms with van der Waals surface area (Å²) in [6.45, 7) is 8.23.